The first-order valence-corrected chi connectivity index (χ1v) is 12.3. The zero-order valence-corrected chi connectivity index (χ0v) is 21.6. The van der Waals surface area contributed by atoms with E-state index in [0.29, 0.717) is 41.4 Å². The summed E-state index contributed by atoms with van der Waals surface area (Å²) in [5, 5.41) is 2.83. The second-order valence-corrected chi connectivity index (χ2v) is 8.22. The lowest BCUT2D eigenvalue weighted by Gasteiger charge is -2.16. The number of pyridine rings is 1. The molecule has 1 fully saturated rings. The Kier molecular flexibility index (Phi) is 9.77. The van der Waals surface area contributed by atoms with E-state index in [1.807, 2.05) is 44.2 Å². The zero-order valence-electron chi connectivity index (χ0n) is 21.6. The van der Waals surface area contributed by atoms with Crippen molar-refractivity contribution in [2.45, 2.75) is 33.3 Å². The summed E-state index contributed by atoms with van der Waals surface area (Å²) in [7, 11) is 2.72. The highest BCUT2D eigenvalue weighted by atomic mass is 16.5. The molecule has 8 heteroatoms. The number of rotatable bonds is 10. The van der Waals surface area contributed by atoms with E-state index >= 15 is 0 Å². The summed E-state index contributed by atoms with van der Waals surface area (Å²) in [5.41, 5.74) is 1.99. The van der Waals surface area contributed by atoms with Crippen LogP contribution in [0.25, 0.3) is 11.1 Å². The smallest absolute Gasteiger partial charge is 0.357 e. The van der Waals surface area contributed by atoms with Gasteiger partial charge in [0.2, 0.25) is 0 Å². The van der Waals surface area contributed by atoms with Gasteiger partial charge in [-0.2, -0.15) is 0 Å². The van der Waals surface area contributed by atoms with E-state index in [1.54, 1.807) is 18.2 Å². The predicted octanol–water partition coefficient (Wildman–Crippen LogP) is 5.10. The number of benzene rings is 2. The molecule has 0 spiro atoms. The van der Waals surface area contributed by atoms with Crippen LogP contribution in [0.15, 0.2) is 54.6 Å². The van der Waals surface area contributed by atoms with E-state index in [0.717, 1.165) is 18.4 Å². The molecule has 1 aliphatic rings. The van der Waals surface area contributed by atoms with Gasteiger partial charge in [0, 0.05) is 17.7 Å². The van der Waals surface area contributed by atoms with Crippen LogP contribution < -0.4 is 14.8 Å². The van der Waals surface area contributed by atoms with Crippen LogP contribution in [-0.4, -0.2) is 43.9 Å². The van der Waals surface area contributed by atoms with Gasteiger partial charge in [-0.25, -0.2) is 9.78 Å². The van der Waals surface area contributed by atoms with Crippen molar-refractivity contribution in [2.75, 3.05) is 20.8 Å². The van der Waals surface area contributed by atoms with Gasteiger partial charge >= 0.3 is 5.97 Å². The summed E-state index contributed by atoms with van der Waals surface area (Å²) >= 11 is 0. The summed E-state index contributed by atoms with van der Waals surface area (Å²) in [6.07, 6.45) is 2.87. The Labute approximate surface area is 217 Å². The minimum absolute atomic E-state index is 0.0744. The number of esters is 1. The SMILES string of the molecule is CC.COC(=O)c1nc(C(=O)NCC2CC2)ccc1-c1cc(OC)c(OCc2ccccc2)cc1C=O. The first kappa shape index (κ1) is 27.4. The lowest BCUT2D eigenvalue weighted by molar-refractivity contribution is 0.0594. The van der Waals surface area contributed by atoms with Crippen molar-refractivity contribution in [1.29, 1.82) is 0 Å². The fourth-order valence-electron chi connectivity index (χ4n) is 3.62. The van der Waals surface area contributed by atoms with E-state index in [2.05, 4.69) is 10.3 Å². The first-order chi connectivity index (χ1) is 18.0. The van der Waals surface area contributed by atoms with Crippen molar-refractivity contribution in [3.05, 3.63) is 77.1 Å². The highest BCUT2D eigenvalue weighted by Gasteiger charge is 2.25. The average molecular weight is 505 g/mol. The van der Waals surface area contributed by atoms with Crippen LogP contribution in [0.1, 0.15) is 63.6 Å². The maximum atomic E-state index is 12.6. The molecule has 3 aromatic rings. The number of carbonyl (C=O) groups excluding carboxylic acids is 3. The van der Waals surface area contributed by atoms with Crippen molar-refractivity contribution in [2.24, 2.45) is 5.92 Å². The number of methoxy groups -OCH3 is 2. The maximum Gasteiger partial charge on any atom is 0.357 e. The van der Waals surface area contributed by atoms with E-state index < -0.39 is 5.97 Å². The monoisotopic (exact) mass is 504 g/mol. The summed E-state index contributed by atoms with van der Waals surface area (Å²) in [5.74, 6) is 0.168. The van der Waals surface area contributed by atoms with Gasteiger partial charge in [-0.15, -0.1) is 0 Å². The van der Waals surface area contributed by atoms with E-state index in [4.69, 9.17) is 14.2 Å². The molecule has 1 N–H and O–H groups in total. The van der Waals surface area contributed by atoms with Gasteiger partial charge in [0.05, 0.1) is 14.2 Å². The van der Waals surface area contributed by atoms with Gasteiger partial charge in [0.25, 0.3) is 5.91 Å². The molecule has 4 rings (SSSR count). The van der Waals surface area contributed by atoms with Crippen LogP contribution in [0.2, 0.25) is 0 Å². The van der Waals surface area contributed by atoms with Crippen molar-refractivity contribution < 1.29 is 28.6 Å². The van der Waals surface area contributed by atoms with E-state index in [1.165, 1.54) is 20.3 Å². The standard InChI is InChI=1S/C27H26N2O6.C2H6/c1-33-23-13-21(19(15-30)12-24(23)35-16-18-6-4-3-5-7-18)20-10-11-22(29-25(20)27(32)34-2)26(31)28-14-17-8-9-17;1-2/h3-7,10-13,15,17H,8-9,14,16H2,1-2H3,(H,28,31);1-2H3. The minimum Gasteiger partial charge on any atom is -0.493 e. The van der Waals surface area contributed by atoms with Crippen molar-refractivity contribution in [3.8, 4) is 22.6 Å². The summed E-state index contributed by atoms with van der Waals surface area (Å²) in [6, 6.07) is 15.9. The van der Waals surface area contributed by atoms with Gasteiger partial charge in [-0.1, -0.05) is 44.2 Å². The van der Waals surface area contributed by atoms with Crippen LogP contribution >= 0.6 is 0 Å². The Morgan fingerprint density at radius 3 is 2.35 bits per heavy atom. The number of hydrogen-bond acceptors (Lipinski definition) is 7. The minimum atomic E-state index is -0.725. The number of nitrogens with one attached hydrogen (secondary N) is 1. The van der Waals surface area contributed by atoms with Gasteiger partial charge in [0.1, 0.15) is 12.3 Å². The molecule has 0 aliphatic heterocycles. The molecule has 1 heterocycles. The third-order valence-electron chi connectivity index (χ3n) is 5.74. The molecule has 0 atom stereocenters. The summed E-state index contributed by atoms with van der Waals surface area (Å²) < 4.78 is 16.3. The third kappa shape index (κ3) is 6.94. The van der Waals surface area contributed by atoms with Crippen LogP contribution in [0, 0.1) is 5.92 Å². The Balaban J connectivity index is 0.00000186. The second kappa shape index (κ2) is 13.2. The number of nitrogens with zero attached hydrogens (tertiary/aromatic N) is 1. The molecule has 0 radical (unpaired) electrons. The highest BCUT2D eigenvalue weighted by Crippen LogP contribution is 2.37. The fourth-order valence-corrected chi connectivity index (χ4v) is 3.62. The van der Waals surface area contributed by atoms with Crippen molar-refractivity contribution >= 4 is 18.2 Å². The van der Waals surface area contributed by atoms with Crippen LogP contribution in [0.4, 0.5) is 0 Å². The molecule has 194 valence electrons. The van der Waals surface area contributed by atoms with E-state index in [-0.39, 0.29) is 29.5 Å². The second-order valence-electron chi connectivity index (χ2n) is 8.22. The van der Waals surface area contributed by atoms with Crippen LogP contribution in [-0.2, 0) is 11.3 Å². The van der Waals surface area contributed by atoms with Crippen LogP contribution in [0.3, 0.4) is 0 Å². The molecule has 0 unspecified atom stereocenters. The number of hydrogen-bond donors (Lipinski definition) is 1. The molecule has 1 saturated carbocycles. The number of amides is 1. The lowest BCUT2D eigenvalue weighted by atomic mass is 9.97. The quantitative estimate of drug-likeness (QED) is 0.303. The molecular formula is C29H32N2O6. The average Bonchev–Trinajstić information content (AvgIpc) is 3.80. The number of carbonyl (C=O) groups is 3. The summed E-state index contributed by atoms with van der Waals surface area (Å²) in [6.45, 7) is 4.86. The largest absolute Gasteiger partial charge is 0.493 e. The number of aldehydes is 1. The van der Waals surface area contributed by atoms with Gasteiger partial charge in [-0.3, -0.25) is 9.59 Å². The molecular weight excluding hydrogens is 472 g/mol. The molecule has 1 aromatic heterocycles. The van der Waals surface area contributed by atoms with Crippen molar-refractivity contribution in [3.63, 3.8) is 0 Å². The molecule has 0 bridgehead atoms. The third-order valence-corrected chi connectivity index (χ3v) is 5.74. The molecule has 1 amide bonds. The molecule has 8 nitrogen and oxygen atoms in total. The lowest BCUT2D eigenvalue weighted by Crippen LogP contribution is -2.27. The fraction of sp³-hybridized carbons (Fsp3) is 0.310. The molecule has 1 aliphatic carbocycles. The van der Waals surface area contributed by atoms with Gasteiger partial charge in [-0.05, 0) is 54.2 Å². The molecule has 0 saturated heterocycles. The Morgan fingerprint density at radius 1 is 1.00 bits per heavy atom. The number of aromatic nitrogens is 1. The predicted molar refractivity (Wildman–Crippen MR) is 140 cm³/mol. The summed E-state index contributed by atoms with van der Waals surface area (Å²) in [4.78, 5) is 41.4. The number of ether oxygens (including phenoxy) is 3. The topological polar surface area (TPSA) is 104 Å². The Morgan fingerprint density at radius 2 is 1.73 bits per heavy atom. The molecule has 2 aromatic carbocycles. The van der Waals surface area contributed by atoms with Gasteiger partial charge < -0.3 is 19.5 Å². The van der Waals surface area contributed by atoms with Gasteiger partial charge in [0.15, 0.2) is 23.5 Å². The molecule has 37 heavy (non-hydrogen) atoms. The zero-order chi connectivity index (χ0) is 26.8. The first-order valence-electron chi connectivity index (χ1n) is 12.3. The van der Waals surface area contributed by atoms with E-state index in [9.17, 15) is 14.4 Å². The van der Waals surface area contributed by atoms with Crippen LogP contribution in [0.5, 0.6) is 11.5 Å². The normalized spacial score (nSPS) is 12.0. The van der Waals surface area contributed by atoms with Crippen molar-refractivity contribution in [1.82, 2.24) is 10.3 Å². The maximum absolute atomic E-state index is 12.6. The Bertz CT molecular complexity index is 1240. The highest BCUT2D eigenvalue weighted by molar-refractivity contribution is 6.01. The Hall–Kier alpha value is -4.20.